The van der Waals surface area contributed by atoms with Gasteiger partial charge < -0.3 is 15.0 Å². The fraction of sp³-hybridized carbons (Fsp3) is 0.474. The Morgan fingerprint density at radius 3 is 3.04 bits per heavy atom. The number of fused-ring (bicyclic) bond motifs is 1. The van der Waals surface area contributed by atoms with Crippen molar-refractivity contribution in [3.8, 4) is 0 Å². The van der Waals surface area contributed by atoms with Crippen molar-refractivity contribution in [1.29, 1.82) is 0 Å². The Morgan fingerprint density at radius 1 is 1.38 bits per heavy atom. The largest absolute Gasteiger partial charge is 0.379 e. The van der Waals surface area contributed by atoms with Gasteiger partial charge in [-0.15, -0.1) is 0 Å². The molecule has 140 valence electrons. The highest BCUT2D eigenvalue weighted by Crippen LogP contribution is 2.20. The third-order valence-electron chi connectivity index (χ3n) is 4.62. The van der Waals surface area contributed by atoms with Crippen molar-refractivity contribution in [3.05, 3.63) is 35.5 Å². The standard InChI is InChI=1S/C19H27N5OS/c1-2-15-5-3-6-17-16(13-21-18(15)17)14-22-23-19(26)20-7-4-8-24-9-11-25-12-10-24/h3,5-6,13-14,21H,2,4,7-12H2,1H3,(H2,20,23,26)/b22-14+. The van der Waals surface area contributed by atoms with Crippen molar-refractivity contribution in [3.63, 3.8) is 0 Å². The maximum absolute atomic E-state index is 5.35. The minimum atomic E-state index is 0.553. The van der Waals surface area contributed by atoms with E-state index in [4.69, 9.17) is 17.0 Å². The zero-order valence-corrected chi connectivity index (χ0v) is 16.1. The minimum Gasteiger partial charge on any atom is -0.379 e. The molecule has 2 heterocycles. The Bertz CT molecular complexity index is 751. The molecule has 1 aliphatic rings. The Balaban J connectivity index is 1.41. The van der Waals surface area contributed by atoms with Crippen LogP contribution in [0.2, 0.25) is 0 Å². The summed E-state index contributed by atoms with van der Waals surface area (Å²) in [7, 11) is 0. The first kappa shape index (κ1) is 18.8. The number of H-pyrrole nitrogens is 1. The van der Waals surface area contributed by atoms with Crippen LogP contribution in [-0.4, -0.2) is 60.6 Å². The van der Waals surface area contributed by atoms with Gasteiger partial charge in [0.1, 0.15) is 0 Å². The van der Waals surface area contributed by atoms with E-state index >= 15 is 0 Å². The summed E-state index contributed by atoms with van der Waals surface area (Å²) in [5.41, 5.74) is 6.44. The van der Waals surface area contributed by atoms with Crippen molar-refractivity contribution >= 4 is 34.4 Å². The van der Waals surface area contributed by atoms with Gasteiger partial charge in [0.2, 0.25) is 0 Å². The molecule has 26 heavy (non-hydrogen) atoms. The second kappa shape index (κ2) is 9.66. The van der Waals surface area contributed by atoms with Gasteiger partial charge in [-0.05, 0) is 37.2 Å². The summed E-state index contributed by atoms with van der Waals surface area (Å²) < 4.78 is 5.35. The number of rotatable bonds is 7. The van der Waals surface area contributed by atoms with Crippen LogP contribution in [0.1, 0.15) is 24.5 Å². The normalized spacial score (nSPS) is 15.6. The number of nitrogens with zero attached hydrogens (tertiary/aromatic N) is 2. The second-order valence-electron chi connectivity index (χ2n) is 6.37. The van der Waals surface area contributed by atoms with Crippen LogP contribution in [0.15, 0.2) is 29.5 Å². The quantitative estimate of drug-likeness (QED) is 0.301. The maximum atomic E-state index is 5.35. The molecule has 0 bridgehead atoms. The SMILES string of the molecule is CCc1cccc2c(/C=N/NC(=S)NCCCN3CCOCC3)c[nH]c12. The first-order valence-electron chi connectivity index (χ1n) is 9.24. The Hall–Kier alpha value is -1.96. The summed E-state index contributed by atoms with van der Waals surface area (Å²) >= 11 is 5.28. The van der Waals surface area contributed by atoms with Crippen molar-refractivity contribution in [2.75, 3.05) is 39.4 Å². The number of aryl methyl sites for hydroxylation is 1. The lowest BCUT2D eigenvalue weighted by Gasteiger charge is -2.26. The lowest BCUT2D eigenvalue weighted by Crippen LogP contribution is -2.39. The fourth-order valence-electron chi connectivity index (χ4n) is 3.17. The van der Waals surface area contributed by atoms with Crippen LogP contribution in [0.25, 0.3) is 10.9 Å². The topological polar surface area (TPSA) is 64.7 Å². The Morgan fingerprint density at radius 2 is 2.23 bits per heavy atom. The number of hydrazone groups is 1. The number of morpholine rings is 1. The first-order valence-corrected chi connectivity index (χ1v) is 9.64. The average molecular weight is 374 g/mol. The van der Waals surface area contributed by atoms with Gasteiger partial charge in [0.05, 0.1) is 19.4 Å². The molecular weight excluding hydrogens is 346 g/mol. The molecule has 0 aliphatic carbocycles. The highest BCUT2D eigenvalue weighted by Gasteiger charge is 2.09. The van der Waals surface area contributed by atoms with Crippen molar-refractivity contribution < 1.29 is 4.74 Å². The van der Waals surface area contributed by atoms with E-state index in [2.05, 4.69) is 50.9 Å². The van der Waals surface area contributed by atoms with Crippen LogP contribution in [-0.2, 0) is 11.2 Å². The smallest absolute Gasteiger partial charge is 0.186 e. The number of aromatic amines is 1. The highest BCUT2D eigenvalue weighted by atomic mass is 32.1. The summed E-state index contributed by atoms with van der Waals surface area (Å²) in [5.74, 6) is 0. The number of nitrogens with one attached hydrogen (secondary N) is 3. The first-order chi connectivity index (χ1) is 12.8. The second-order valence-corrected chi connectivity index (χ2v) is 6.78. The summed E-state index contributed by atoms with van der Waals surface area (Å²) in [4.78, 5) is 5.76. The predicted molar refractivity (Wildman–Crippen MR) is 111 cm³/mol. The highest BCUT2D eigenvalue weighted by molar-refractivity contribution is 7.80. The van der Waals surface area contributed by atoms with Gasteiger partial charge in [0.15, 0.2) is 5.11 Å². The lowest BCUT2D eigenvalue weighted by atomic mass is 10.1. The molecule has 1 fully saturated rings. The van der Waals surface area contributed by atoms with E-state index in [0.717, 1.165) is 57.8 Å². The molecule has 1 saturated heterocycles. The molecule has 0 unspecified atom stereocenters. The van der Waals surface area contributed by atoms with Crippen LogP contribution in [0.3, 0.4) is 0 Å². The van der Waals surface area contributed by atoms with Crippen LogP contribution in [0, 0.1) is 0 Å². The molecule has 3 rings (SSSR count). The summed E-state index contributed by atoms with van der Waals surface area (Å²) in [5, 5.41) is 9.19. The van der Waals surface area contributed by atoms with E-state index in [1.165, 1.54) is 16.5 Å². The van der Waals surface area contributed by atoms with Crippen molar-refractivity contribution in [2.45, 2.75) is 19.8 Å². The number of ether oxygens (including phenoxy) is 1. The number of aromatic nitrogens is 1. The molecule has 3 N–H and O–H groups in total. The monoisotopic (exact) mass is 373 g/mol. The number of hydrogen-bond acceptors (Lipinski definition) is 4. The number of benzene rings is 1. The summed E-state index contributed by atoms with van der Waals surface area (Å²) in [6.45, 7) is 7.80. The fourth-order valence-corrected chi connectivity index (χ4v) is 3.32. The van der Waals surface area contributed by atoms with Crippen LogP contribution < -0.4 is 10.7 Å². The van der Waals surface area contributed by atoms with Crippen LogP contribution >= 0.6 is 12.2 Å². The van der Waals surface area contributed by atoms with Gasteiger partial charge in [-0.25, -0.2) is 0 Å². The predicted octanol–water partition coefficient (Wildman–Crippen LogP) is 2.25. The molecule has 6 nitrogen and oxygen atoms in total. The van der Waals surface area contributed by atoms with Gasteiger partial charge in [-0.2, -0.15) is 5.10 Å². The third-order valence-corrected chi connectivity index (χ3v) is 4.86. The molecule has 0 atom stereocenters. The Labute approximate surface area is 160 Å². The van der Waals surface area contributed by atoms with Gasteiger partial charge >= 0.3 is 0 Å². The zero-order chi connectivity index (χ0) is 18.2. The number of para-hydroxylation sites is 1. The van der Waals surface area contributed by atoms with Crippen molar-refractivity contribution in [1.82, 2.24) is 20.6 Å². The molecular formula is C19H27N5OS. The van der Waals surface area contributed by atoms with Crippen molar-refractivity contribution in [2.24, 2.45) is 5.10 Å². The molecule has 7 heteroatoms. The molecule has 1 aromatic carbocycles. The van der Waals surface area contributed by atoms with E-state index < -0.39 is 0 Å². The molecule has 0 saturated carbocycles. The summed E-state index contributed by atoms with van der Waals surface area (Å²) in [6, 6.07) is 6.34. The summed E-state index contributed by atoms with van der Waals surface area (Å²) in [6.07, 6.45) is 5.84. The molecule has 0 amide bonds. The molecule has 1 aromatic heterocycles. The van der Waals surface area contributed by atoms with E-state index in [1.54, 1.807) is 6.21 Å². The zero-order valence-electron chi connectivity index (χ0n) is 15.3. The van der Waals surface area contributed by atoms with E-state index in [-0.39, 0.29) is 0 Å². The van der Waals surface area contributed by atoms with E-state index in [1.807, 2.05) is 6.20 Å². The maximum Gasteiger partial charge on any atom is 0.186 e. The number of hydrogen-bond donors (Lipinski definition) is 3. The Kier molecular flexibility index (Phi) is 6.99. The van der Waals surface area contributed by atoms with Crippen LogP contribution in [0.4, 0.5) is 0 Å². The number of thiocarbonyl (C=S) groups is 1. The van der Waals surface area contributed by atoms with Gasteiger partial charge in [-0.3, -0.25) is 10.3 Å². The lowest BCUT2D eigenvalue weighted by molar-refractivity contribution is 0.0376. The van der Waals surface area contributed by atoms with Crippen LogP contribution in [0.5, 0.6) is 0 Å². The third kappa shape index (κ3) is 5.03. The van der Waals surface area contributed by atoms with Gasteiger partial charge in [0.25, 0.3) is 0 Å². The van der Waals surface area contributed by atoms with E-state index in [9.17, 15) is 0 Å². The van der Waals surface area contributed by atoms with E-state index in [0.29, 0.717) is 5.11 Å². The van der Waals surface area contributed by atoms with Gasteiger partial charge in [-0.1, -0.05) is 25.1 Å². The van der Waals surface area contributed by atoms with Gasteiger partial charge in [0, 0.05) is 42.3 Å². The molecule has 0 spiro atoms. The molecule has 1 aliphatic heterocycles. The molecule has 0 radical (unpaired) electrons. The molecule has 2 aromatic rings. The minimum absolute atomic E-state index is 0.553. The average Bonchev–Trinajstić information content (AvgIpc) is 3.09.